The molecule has 0 aliphatic carbocycles. The van der Waals surface area contributed by atoms with Crippen LogP contribution in [0.4, 0.5) is 10.5 Å². The first-order valence-electron chi connectivity index (χ1n) is 7.15. The lowest BCUT2D eigenvalue weighted by Crippen LogP contribution is -2.40. The Labute approximate surface area is 125 Å². The molecule has 0 aromatic heterocycles. The van der Waals surface area contributed by atoms with Crippen molar-refractivity contribution in [2.45, 2.75) is 19.3 Å². The summed E-state index contributed by atoms with van der Waals surface area (Å²) >= 11 is 5.82. The summed E-state index contributed by atoms with van der Waals surface area (Å²) in [6.07, 6.45) is 3.89. The lowest BCUT2D eigenvalue weighted by atomic mass is 10.1. The summed E-state index contributed by atoms with van der Waals surface area (Å²) in [6.45, 7) is 4.02. The maximum atomic E-state index is 12.0. The fourth-order valence-electron chi connectivity index (χ4n) is 2.33. The van der Waals surface area contributed by atoms with Gasteiger partial charge in [-0.1, -0.05) is 18.0 Å². The van der Waals surface area contributed by atoms with Gasteiger partial charge in [-0.3, -0.25) is 0 Å². The number of hydrogen-bond acceptors (Lipinski definition) is 2. The zero-order valence-electron chi connectivity index (χ0n) is 11.9. The molecular weight excluding hydrogens is 274 g/mol. The number of benzene rings is 1. The number of likely N-dealkylation sites (N-methyl/N-ethyl adjacent to an activating group) is 1. The van der Waals surface area contributed by atoms with Gasteiger partial charge in [0, 0.05) is 30.8 Å². The Hall–Kier alpha value is -1.26. The molecule has 110 valence electrons. The van der Waals surface area contributed by atoms with Crippen molar-refractivity contribution in [1.29, 1.82) is 0 Å². The van der Waals surface area contributed by atoms with Gasteiger partial charge in [-0.05, 0) is 50.2 Å². The number of likely N-dealkylation sites (tertiary alicyclic amines) is 1. The molecule has 1 aromatic rings. The number of piperidine rings is 1. The molecule has 0 unspecified atom stereocenters. The van der Waals surface area contributed by atoms with Crippen LogP contribution in [0.15, 0.2) is 24.3 Å². The fourth-order valence-corrected chi connectivity index (χ4v) is 2.45. The maximum absolute atomic E-state index is 12.0. The van der Waals surface area contributed by atoms with E-state index in [1.807, 2.05) is 7.05 Å². The summed E-state index contributed by atoms with van der Waals surface area (Å²) in [5, 5.41) is 3.53. The Kier molecular flexibility index (Phi) is 5.68. The predicted octanol–water partition coefficient (Wildman–Crippen LogP) is 3.29. The van der Waals surface area contributed by atoms with Crippen LogP contribution < -0.4 is 5.32 Å². The zero-order valence-corrected chi connectivity index (χ0v) is 12.7. The second-order valence-corrected chi connectivity index (χ2v) is 5.70. The molecule has 5 heteroatoms. The molecule has 0 saturated carbocycles. The molecule has 0 spiro atoms. The van der Waals surface area contributed by atoms with E-state index in [2.05, 4.69) is 10.2 Å². The highest BCUT2D eigenvalue weighted by Crippen LogP contribution is 2.14. The Morgan fingerprint density at radius 2 is 1.90 bits per heavy atom. The number of urea groups is 1. The van der Waals surface area contributed by atoms with Crippen molar-refractivity contribution in [1.82, 2.24) is 9.80 Å². The second-order valence-electron chi connectivity index (χ2n) is 5.26. The van der Waals surface area contributed by atoms with E-state index >= 15 is 0 Å². The SMILES string of the molecule is CN(CCN1CCCCC1)C(=O)Nc1ccc(Cl)cc1. The standard InChI is InChI=1S/C15H22ClN3O/c1-18(11-12-19-9-3-2-4-10-19)15(20)17-14-7-5-13(16)6-8-14/h5-8H,2-4,9-12H2,1H3,(H,17,20). The van der Waals surface area contributed by atoms with E-state index in [4.69, 9.17) is 11.6 Å². The van der Waals surface area contributed by atoms with E-state index < -0.39 is 0 Å². The van der Waals surface area contributed by atoms with Gasteiger partial charge in [0.15, 0.2) is 0 Å². The third-order valence-corrected chi connectivity index (χ3v) is 3.89. The van der Waals surface area contributed by atoms with Crippen LogP contribution in [0, 0.1) is 0 Å². The molecule has 2 amide bonds. The molecule has 1 aromatic carbocycles. The average molecular weight is 296 g/mol. The van der Waals surface area contributed by atoms with Gasteiger partial charge in [0.05, 0.1) is 0 Å². The van der Waals surface area contributed by atoms with Gasteiger partial charge >= 0.3 is 6.03 Å². The number of amides is 2. The number of halogens is 1. The minimum Gasteiger partial charge on any atom is -0.326 e. The van der Waals surface area contributed by atoms with Crippen LogP contribution >= 0.6 is 11.6 Å². The predicted molar refractivity (Wildman–Crippen MR) is 83.4 cm³/mol. The molecule has 0 atom stereocenters. The van der Waals surface area contributed by atoms with Crippen molar-refractivity contribution in [2.75, 3.05) is 38.5 Å². The Balaban J connectivity index is 1.75. The minimum atomic E-state index is -0.0793. The van der Waals surface area contributed by atoms with E-state index in [0.717, 1.165) is 31.9 Å². The van der Waals surface area contributed by atoms with Gasteiger partial charge < -0.3 is 15.1 Å². The number of nitrogens with zero attached hydrogens (tertiary/aromatic N) is 2. The highest BCUT2D eigenvalue weighted by molar-refractivity contribution is 6.30. The molecule has 2 rings (SSSR count). The first-order valence-corrected chi connectivity index (χ1v) is 7.53. The maximum Gasteiger partial charge on any atom is 0.321 e. The number of nitrogens with one attached hydrogen (secondary N) is 1. The van der Waals surface area contributed by atoms with E-state index in [1.54, 1.807) is 29.2 Å². The molecule has 1 saturated heterocycles. The molecule has 1 N–H and O–H groups in total. The zero-order chi connectivity index (χ0) is 14.4. The fraction of sp³-hybridized carbons (Fsp3) is 0.533. The van der Waals surface area contributed by atoms with Crippen molar-refractivity contribution in [3.8, 4) is 0 Å². The largest absolute Gasteiger partial charge is 0.326 e. The van der Waals surface area contributed by atoms with E-state index in [0.29, 0.717) is 5.02 Å². The average Bonchev–Trinajstić information content (AvgIpc) is 2.48. The first-order chi connectivity index (χ1) is 9.65. The van der Waals surface area contributed by atoms with Crippen molar-refractivity contribution >= 4 is 23.3 Å². The van der Waals surface area contributed by atoms with Crippen LogP contribution in [0.2, 0.25) is 5.02 Å². The molecule has 1 fully saturated rings. The summed E-state index contributed by atoms with van der Waals surface area (Å²) in [5.41, 5.74) is 0.768. The second kappa shape index (κ2) is 7.50. The van der Waals surface area contributed by atoms with E-state index in [9.17, 15) is 4.79 Å². The van der Waals surface area contributed by atoms with Gasteiger partial charge in [-0.25, -0.2) is 4.79 Å². The van der Waals surface area contributed by atoms with E-state index in [-0.39, 0.29) is 6.03 Å². The van der Waals surface area contributed by atoms with Crippen LogP contribution in [0.1, 0.15) is 19.3 Å². The normalized spacial score (nSPS) is 15.9. The van der Waals surface area contributed by atoms with Gasteiger partial charge in [0.2, 0.25) is 0 Å². The van der Waals surface area contributed by atoms with Crippen molar-refractivity contribution in [2.24, 2.45) is 0 Å². The first kappa shape index (κ1) is 15.1. The summed E-state index contributed by atoms with van der Waals surface area (Å²) in [5.74, 6) is 0. The van der Waals surface area contributed by atoms with Crippen molar-refractivity contribution < 1.29 is 4.79 Å². The molecule has 1 heterocycles. The molecule has 1 aliphatic heterocycles. The quantitative estimate of drug-likeness (QED) is 0.925. The van der Waals surface area contributed by atoms with Gasteiger partial charge in [-0.15, -0.1) is 0 Å². The Morgan fingerprint density at radius 1 is 1.25 bits per heavy atom. The topological polar surface area (TPSA) is 35.6 Å². The van der Waals surface area contributed by atoms with Crippen LogP contribution in [0.25, 0.3) is 0 Å². The lowest BCUT2D eigenvalue weighted by molar-refractivity contribution is 0.192. The van der Waals surface area contributed by atoms with Crippen LogP contribution in [-0.2, 0) is 0 Å². The molecule has 20 heavy (non-hydrogen) atoms. The van der Waals surface area contributed by atoms with E-state index in [1.165, 1.54) is 19.3 Å². The molecular formula is C15H22ClN3O. The van der Waals surface area contributed by atoms with Crippen molar-refractivity contribution in [3.05, 3.63) is 29.3 Å². The monoisotopic (exact) mass is 295 g/mol. The summed E-state index contributed by atoms with van der Waals surface area (Å²) < 4.78 is 0. The summed E-state index contributed by atoms with van der Waals surface area (Å²) in [4.78, 5) is 16.2. The van der Waals surface area contributed by atoms with Gasteiger partial charge in [-0.2, -0.15) is 0 Å². The molecule has 0 radical (unpaired) electrons. The number of carbonyl (C=O) groups is 1. The van der Waals surface area contributed by atoms with Gasteiger partial charge in [0.25, 0.3) is 0 Å². The Bertz CT molecular complexity index is 429. The highest BCUT2D eigenvalue weighted by atomic mass is 35.5. The molecule has 0 bridgehead atoms. The number of hydrogen-bond donors (Lipinski definition) is 1. The number of rotatable bonds is 4. The molecule has 1 aliphatic rings. The van der Waals surface area contributed by atoms with Crippen LogP contribution in [0.3, 0.4) is 0 Å². The Morgan fingerprint density at radius 3 is 2.55 bits per heavy atom. The van der Waals surface area contributed by atoms with Crippen molar-refractivity contribution in [3.63, 3.8) is 0 Å². The minimum absolute atomic E-state index is 0.0793. The molecule has 4 nitrogen and oxygen atoms in total. The van der Waals surface area contributed by atoms with Gasteiger partial charge in [0.1, 0.15) is 0 Å². The summed E-state index contributed by atoms with van der Waals surface area (Å²) in [6, 6.07) is 7.07. The summed E-state index contributed by atoms with van der Waals surface area (Å²) in [7, 11) is 1.83. The highest BCUT2D eigenvalue weighted by Gasteiger charge is 2.13. The lowest BCUT2D eigenvalue weighted by Gasteiger charge is -2.28. The number of anilines is 1. The van der Waals surface area contributed by atoms with Crippen LogP contribution in [0.5, 0.6) is 0 Å². The van der Waals surface area contributed by atoms with Crippen LogP contribution in [-0.4, -0.2) is 49.1 Å². The third-order valence-electron chi connectivity index (χ3n) is 3.64. The number of carbonyl (C=O) groups excluding carboxylic acids is 1. The third kappa shape index (κ3) is 4.69. The smallest absolute Gasteiger partial charge is 0.321 e.